The van der Waals surface area contributed by atoms with Gasteiger partial charge in [-0.25, -0.2) is 9.78 Å². The summed E-state index contributed by atoms with van der Waals surface area (Å²) in [7, 11) is 0. The van der Waals surface area contributed by atoms with Gasteiger partial charge in [-0.15, -0.1) is 0 Å². The van der Waals surface area contributed by atoms with Crippen molar-refractivity contribution in [2.45, 2.75) is 18.8 Å². The molecule has 0 atom stereocenters. The predicted molar refractivity (Wildman–Crippen MR) is 64.2 cm³/mol. The highest BCUT2D eigenvalue weighted by Gasteiger charge is 2.30. The average Bonchev–Trinajstić information content (AvgIpc) is 3.23. The second-order valence-electron chi connectivity index (χ2n) is 4.30. The van der Waals surface area contributed by atoms with Gasteiger partial charge in [0.05, 0.1) is 23.1 Å². The van der Waals surface area contributed by atoms with Crippen molar-refractivity contribution in [3.63, 3.8) is 0 Å². The minimum absolute atomic E-state index is 0.285. The van der Waals surface area contributed by atoms with Gasteiger partial charge in [-0.1, -0.05) is 0 Å². The van der Waals surface area contributed by atoms with Gasteiger partial charge in [-0.3, -0.25) is 9.97 Å². The summed E-state index contributed by atoms with van der Waals surface area (Å²) in [5, 5.41) is 9.14. The molecule has 0 amide bonds. The molecule has 0 radical (unpaired) electrons. The number of pyridine rings is 1. The number of aromatic carboxylic acids is 1. The average molecular weight is 241 g/mol. The Morgan fingerprint density at radius 2 is 2.06 bits per heavy atom. The lowest BCUT2D eigenvalue weighted by Gasteiger charge is -2.06. The van der Waals surface area contributed by atoms with Crippen LogP contribution in [-0.2, 0) is 0 Å². The zero-order valence-electron chi connectivity index (χ0n) is 9.58. The molecular weight excluding hydrogens is 230 g/mol. The van der Waals surface area contributed by atoms with Gasteiger partial charge in [0, 0.05) is 18.3 Å². The van der Waals surface area contributed by atoms with Crippen LogP contribution in [0.2, 0.25) is 0 Å². The first-order valence-electron chi connectivity index (χ1n) is 5.76. The molecule has 2 aromatic heterocycles. The Labute approximate surface area is 104 Å². The Hall–Kier alpha value is -2.30. The number of rotatable bonds is 3. The van der Waals surface area contributed by atoms with Crippen LogP contribution in [0.15, 0.2) is 30.7 Å². The molecule has 0 saturated heterocycles. The largest absolute Gasteiger partial charge is 0.478 e. The summed E-state index contributed by atoms with van der Waals surface area (Å²) in [4.78, 5) is 23.7. The number of aromatic nitrogens is 3. The van der Waals surface area contributed by atoms with Crippen LogP contribution in [0.3, 0.4) is 0 Å². The summed E-state index contributed by atoms with van der Waals surface area (Å²) >= 11 is 0. The lowest BCUT2D eigenvalue weighted by atomic mass is 10.1. The van der Waals surface area contributed by atoms with E-state index < -0.39 is 5.97 Å². The Morgan fingerprint density at radius 1 is 1.22 bits per heavy atom. The standard InChI is InChI=1S/C13H11N3O2/c17-13(18)9-3-4-10(11-7-14-5-6-15-11)16-12(9)8-1-2-8/h3-8H,1-2H2,(H,17,18). The molecule has 1 aliphatic rings. The Morgan fingerprint density at radius 3 is 2.67 bits per heavy atom. The van der Waals surface area contributed by atoms with Crippen molar-refractivity contribution < 1.29 is 9.90 Å². The van der Waals surface area contributed by atoms with Crippen LogP contribution in [-0.4, -0.2) is 26.0 Å². The fourth-order valence-corrected chi connectivity index (χ4v) is 1.90. The highest BCUT2D eigenvalue weighted by molar-refractivity contribution is 5.89. The third-order valence-corrected chi connectivity index (χ3v) is 2.94. The smallest absolute Gasteiger partial charge is 0.337 e. The Kier molecular flexibility index (Phi) is 2.51. The van der Waals surface area contributed by atoms with Gasteiger partial charge in [-0.05, 0) is 25.0 Å². The van der Waals surface area contributed by atoms with E-state index >= 15 is 0 Å². The first-order valence-corrected chi connectivity index (χ1v) is 5.76. The summed E-state index contributed by atoms with van der Waals surface area (Å²) in [6, 6.07) is 3.28. The molecule has 0 spiro atoms. The lowest BCUT2D eigenvalue weighted by molar-refractivity contribution is 0.0695. The van der Waals surface area contributed by atoms with Crippen molar-refractivity contribution in [3.05, 3.63) is 42.0 Å². The van der Waals surface area contributed by atoms with E-state index in [1.807, 2.05) is 0 Å². The molecule has 3 rings (SSSR count). The number of carboxylic acid groups (broad SMARTS) is 1. The maximum atomic E-state index is 11.1. The summed E-state index contributed by atoms with van der Waals surface area (Å²) in [5.74, 6) is -0.636. The third-order valence-electron chi connectivity index (χ3n) is 2.94. The van der Waals surface area contributed by atoms with E-state index in [2.05, 4.69) is 15.0 Å². The maximum absolute atomic E-state index is 11.1. The second-order valence-corrected chi connectivity index (χ2v) is 4.30. The molecule has 2 heterocycles. The fraction of sp³-hybridized carbons (Fsp3) is 0.231. The van der Waals surface area contributed by atoms with Crippen LogP contribution in [0.4, 0.5) is 0 Å². The normalized spacial score (nSPS) is 14.4. The quantitative estimate of drug-likeness (QED) is 0.890. The summed E-state index contributed by atoms with van der Waals surface area (Å²) in [6.45, 7) is 0. The molecule has 1 aliphatic carbocycles. The van der Waals surface area contributed by atoms with Crippen LogP contribution >= 0.6 is 0 Å². The number of hydrogen-bond donors (Lipinski definition) is 1. The van der Waals surface area contributed by atoms with Gasteiger partial charge >= 0.3 is 5.97 Å². The van der Waals surface area contributed by atoms with E-state index in [0.29, 0.717) is 22.6 Å². The van der Waals surface area contributed by atoms with Gasteiger partial charge in [0.2, 0.25) is 0 Å². The zero-order valence-corrected chi connectivity index (χ0v) is 9.58. The fourth-order valence-electron chi connectivity index (χ4n) is 1.90. The van der Waals surface area contributed by atoms with Crippen LogP contribution in [0.25, 0.3) is 11.4 Å². The van der Waals surface area contributed by atoms with Crippen LogP contribution in [0, 0.1) is 0 Å². The van der Waals surface area contributed by atoms with Gasteiger partial charge in [0.15, 0.2) is 0 Å². The number of nitrogens with zero attached hydrogens (tertiary/aromatic N) is 3. The van der Waals surface area contributed by atoms with Crippen LogP contribution in [0.5, 0.6) is 0 Å². The molecule has 2 aromatic rings. The lowest BCUT2D eigenvalue weighted by Crippen LogP contribution is -2.05. The first-order chi connectivity index (χ1) is 8.75. The van der Waals surface area contributed by atoms with E-state index in [1.165, 1.54) is 0 Å². The minimum Gasteiger partial charge on any atom is -0.478 e. The van der Waals surface area contributed by atoms with E-state index in [9.17, 15) is 4.79 Å². The molecule has 90 valence electrons. The molecule has 1 saturated carbocycles. The molecule has 18 heavy (non-hydrogen) atoms. The molecule has 5 heteroatoms. The Balaban J connectivity index is 2.08. The molecule has 1 N–H and O–H groups in total. The molecule has 1 fully saturated rings. The highest BCUT2D eigenvalue weighted by Crippen LogP contribution is 2.41. The van der Waals surface area contributed by atoms with Crippen molar-refractivity contribution >= 4 is 5.97 Å². The van der Waals surface area contributed by atoms with Gasteiger partial charge in [0.25, 0.3) is 0 Å². The monoisotopic (exact) mass is 241 g/mol. The maximum Gasteiger partial charge on any atom is 0.337 e. The number of hydrogen-bond acceptors (Lipinski definition) is 4. The third kappa shape index (κ3) is 1.95. The van der Waals surface area contributed by atoms with Crippen LogP contribution in [0.1, 0.15) is 34.8 Å². The van der Waals surface area contributed by atoms with E-state index in [1.54, 1.807) is 30.7 Å². The SMILES string of the molecule is O=C(O)c1ccc(-c2cnccn2)nc1C1CC1. The topological polar surface area (TPSA) is 76.0 Å². The van der Waals surface area contributed by atoms with Crippen LogP contribution < -0.4 is 0 Å². The van der Waals surface area contributed by atoms with Gasteiger partial charge in [-0.2, -0.15) is 0 Å². The predicted octanol–water partition coefficient (Wildman–Crippen LogP) is 2.11. The highest BCUT2D eigenvalue weighted by atomic mass is 16.4. The number of carboxylic acids is 1. The molecule has 5 nitrogen and oxygen atoms in total. The minimum atomic E-state index is -0.921. The zero-order chi connectivity index (χ0) is 12.5. The first kappa shape index (κ1) is 10.8. The van der Waals surface area contributed by atoms with Crippen molar-refractivity contribution in [2.24, 2.45) is 0 Å². The van der Waals surface area contributed by atoms with Gasteiger partial charge in [0.1, 0.15) is 5.69 Å². The van der Waals surface area contributed by atoms with Crippen molar-refractivity contribution in [2.75, 3.05) is 0 Å². The molecule has 0 aromatic carbocycles. The Bertz CT molecular complexity index is 594. The summed E-state index contributed by atoms with van der Waals surface area (Å²) in [5.41, 5.74) is 2.31. The van der Waals surface area contributed by atoms with E-state index in [4.69, 9.17) is 5.11 Å². The van der Waals surface area contributed by atoms with Gasteiger partial charge < -0.3 is 5.11 Å². The van der Waals surface area contributed by atoms with E-state index in [0.717, 1.165) is 12.8 Å². The second kappa shape index (κ2) is 4.18. The molecule has 0 bridgehead atoms. The summed E-state index contributed by atoms with van der Waals surface area (Å²) < 4.78 is 0. The van der Waals surface area contributed by atoms with E-state index in [-0.39, 0.29) is 5.92 Å². The molecular formula is C13H11N3O2. The van der Waals surface area contributed by atoms with Crippen molar-refractivity contribution in [1.29, 1.82) is 0 Å². The molecule has 0 aliphatic heterocycles. The summed E-state index contributed by atoms with van der Waals surface area (Å²) in [6.07, 6.45) is 6.84. The number of carbonyl (C=O) groups is 1. The van der Waals surface area contributed by atoms with Crippen molar-refractivity contribution in [1.82, 2.24) is 15.0 Å². The van der Waals surface area contributed by atoms with Crippen molar-refractivity contribution in [3.8, 4) is 11.4 Å². The molecule has 0 unspecified atom stereocenters.